The number of isocyanates is 1. The number of rotatable bonds is 2. The highest BCUT2D eigenvalue weighted by atomic mass is 16.7. The van der Waals surface area contributed by atoms with E-state index in [2.05, 4.69) is 0 Å². The molecule has 0 saturated heterocycles. The maximum atomic E-state index is 10.2. The highest BCUT2D eigenvalue weighted by Crippen LogP contribution is 2.08. The molecule has 0 radical (unpaired) electrons. The van der Waals surface area contributed by atoms with Crippen molar-refractivity contribution < 1.29 is 14.5 Å². The molecule has 1 rings (SSSR count). The summed E-state index contributed by atoms with van der Waals surface area (Å²) in [6, 6.07) is 7.81. The topological polar surface area (TPSA) is 63.2 Å². The predicted octanol–water partition coefficient (Wildman–Crippen LogP) is 0.858. The van der Waals surface area contributed by atoms with E-state index in [-0.39, 0.29) is 5.69 Å². The summed E-state index contributed by atoms with van der Waals surface area (Å²) >= 11 is 0. The molecule has 0 N–H and O–H groups in total. The van der Waals surface area contributed by atoms with Crippen molar-refractivity contribution in [1.29, 1.82) is 0 Å². The predicted molar refractivity (Wildman–Crippen MR) is 39.1 cm³/mol. The molecule has 0 aliphatic rings. The second-order valence-corrected chi connectivity index (χ2v) is 1.98. The lowest BCUT2D eigenvalue weighted by Crippen LogP contribution is -2.12. The molecule has 0 amide bonds. The zero-order valence-electron chi connectivity index (χ0n) is 6.01. The lowest BCUT2D eigenvalue weighted by Gasteiger charge is -1.83. The third kappa shape index (κ3) is 1.53. The zero-order chi connectivity index (χ0) is 8.97. The van der Waals surface area contributed by atoms with E-state index < -0.39 is 5.03 Å². The molecule has 0 aliphatic carbocycles. The van der Waals surface area contributed by atoms with E-state index in [1.165, 1.54) is 18.2 Å². The molecule has 1 aromatic rings. The first-order chi connectivity index (χ1) is 5.75. The summed E-state index contributed by atoms with van der Waals surface area (Å²) in [6.07, 6.45) is 1.20. The number of hydrazine groups is 1. The van der Waals surface area contributed by atoms with Gasteiger partial charge in [-0.3, -0.25) is 0 Å². The van der Waals surface area contributed by atoms with Crippen LogP contribution in [0.15, 0.2) is 30.3 Å². The number of hydrazone groups is 1. The highest BCUT2D eigenvalue weighted by Gasteiger charge is 2.21. The molecule has 1 aromatic carbocycles. The van der Waals surface area contributed by atoms with Gasteiger partial charge in [0.15, 0.2) is 0 Å². The van der Waals surface area contributed by atoms with Crippen LogP contribution in [0.4, 0.5) is 5.69 Å². The van der Waals surface area contributed by atoms with Crippen molar-refractivity contribution in [3.05, 3.63) is 40.4 Å². The van der Waals surface area contributed by atoms with E-state index in [1.807, 2.05) is 0 Å². The van der Waals surface area contributed by atoms with Gasteiger partial charge in [-0.05, 0) is 0 Å². The Balaban J connectivity index is 3.14. The van der Waals surface area contributed by atoms with Crippen LogP contribution in [0.25, 0.3) is 0 Å². The minimum Gasteiger partial charge on any atom is -0.197 e. The number of para-hydroxylation sites is 1. The first kappa shape index (κ1) is 8.10. The van der Waals surface area contributed by atoms with Crippen LogP contribution in [0.5, 0.6) is 0 Å². The molecule has 0 atom stereocenters. The van der Waals surface area contributed by atoms with Crippen molar-refractivity contribution in [3.8, 4) is 0 Å². The number of hydrogen-bond acceptors (Lipinski definition) is 3. The van der Waals surface area contributed by atoms with Gasteiger partial charge in [-0.2, -0.15) is 14.9 Å². The van der Waals surface area contributed by atoms with Crippen LogP contribution >= 0.6 is 0 Å². The Hall–Kier alpha value is -2.00. The molecule has 60 valence electrons. The van der Waals surface area contributed by atoms with E-state index >= 15 is 0 Å². The fourth-order valence-corrected chi connectivity index (χ4v) is 0.750. The standard InChI is InChI=1S/C7H5N2O3/c10-6-8(9(11)12)7-4-2-1-3-5-7/h1-5H/q+1. The molecule has 0 aromatic heterocycles. The van der Waals surface area contributed by atoms with Crippen molar-refractivity contribution in [2.24, 2.45) is 0 Å². The van der Waals surface area contributed by atoms with E-state index in [4.69, 9.17) is 0 Å². The fraction of sp³-hybridized carbons (Fsp3) is 0. The van der Waals surface area contributed by atoms with Crippen LogP contribution in [0.3, 0.4) is 0 Å². The molecule has 0 heterocycles. The van der Waals surface area contributed by atoms with Crippen LogP contribution in [0, 0.1) is 10.1 Å². The van der Waals surface area contributed by atoms with Gasteiger partial charge in [0, 0.05) is 12.1 Å². The molecule has 0 fully saturated rings. The van der Waals surface area contributed by atoms with Crippen LogP contribution < -0.4 is 0 Å². The summed E-state index contributed by atoms with van der Waals surface area (Å²) in [5, 5.41) is 9.37. The minimum absolute atomic E-state index is 0.192. The molecular weight excluding hydrogens is 160 g/mol. The van der Waals surface area contributed by atoms with E-state index in [0.29, 0.717) is 4.68 Å². The molecular formula is C7H5N2O3+. The smallest absolute Gasteiger partial charge is 0.197 e. The Labute approximate surface area is 67.7 Å². The van der Waals surface area contributed by atoms with Gasteiger partial charge in [-0.15, -0.1) is 0 Å². The van der Waals surface area contributed by atoms with Crippen molar-refractivity contribution in [2.75, 3.05) is 0 Å². The van der Waals surface area contributed by atoms with E-state index in [0.717, 1.165) is 0 Å². The van der Waals surface area contributed by atoms with Gasteiger partial charge in [0.2, 0.25) is 4.68 Å². The number of benzene rings is 1. The number of nitrogens with zero attached hydrogens (tertiary/aromatic N) is 2. The van der Waals surface area contributed by atoms with Crippen molar-refractivity contribution in [3.63, 3.8) is 0 Å². The van der Waals surface area contributed by atoms with Crippen molar-refractivity contribution in [1.82, 2.24) is 0 Å². The maximum Gasteiger partial charge on any atom is 0.508 e. The summed E-state index contributed by atoms with van der Waals surface area (Å²) in [5.41, 5.74) is 0.192. The Kier molecular flexibility index (Phi) is 2.30. The highest BCUT2D eigenvalue weighted by molar-refractivity contribution is 5.35. The molecule has 0 spiro atoms. The van der Waals surface area contributed by atoms with Crippen molar-refractivity contribution >= 4 is 11.8 Å². The normalized spacial score (nSPS) is 8.67. The lowest BCUT2D eigenvalue weighted by atomic mass is 10.3. The average Bonchev–Trinajstić information content (AvgIpc) is 2.07. The van der Waals surface area contributed by atoms with Gasteiger partial charge in [0.1, 0.15) is 0 Å². The fourth-order valence-electron chi connectivity index (χ4n) is 0.750. The Morgan fingerprint density at radius 3 is 2.25 bits per heavy atom. The molecule has 0 aliphatic heterocycles. The number of hydrogen-bond donors (Lipinski definition) is 0. The van der Waals surface area contributed by atoms with Gasteiger partial charge in [0.05, 0.1) is 0 Å². The minimum atomic E-state index is -0.831. The van der Waals surface area contributed by atoms with Gasteiger partial charge in [0.25, 0.3) is 5.69 Å². The molecule has 5 nitrogen and oxygen atoms in total. The lowest BCUT2D eigenvalue weighted by molar-refractivity contribution is -1.06. The summed E-state index contributed by atoms with van der Waals surface area (Å²) in [7, 11) is 0. The van der Waals surface area contributed by atoms with Gasteiger partial charge < -0.3 is 0 Å². The van der Waals surface area contributed by atoms with Crippen LogP contribution in [0.1, 0.15) is 0 Å². The molecule has 0 bridgehead atoms. The quantitative estimate of drug-likeness (QED) is 0.214. The van der Waals surface area contributed by atoms with Gasteiger partial charge >= 0.3 is 11.1 Å². The molecule has 0 saturated carbocycles. The summed E-state index contributed by atoms with van der Waals surface area (Å²) < 4.78 is 0.292. The maximum absolute atomic E-state index is 10.2. The van der Waals surface area contributed by atoms with E-state index in [9.17, 15) is 14.9 Å². The van der Waals surface area contributed by atoms with Gasteiger partial charge in [-0.1, -0.05) is 18.2 Å². The Morgan fingerprint density at radius 2 is 1.83 bits per heavy atom. The van der Waals surface area contributed by atoms with Gasteiger partial charge in [-0.25, -0.2) is 0 Å². The number of carbonyl (C=O) groups excluding carboxylic acids is 1. The summed E-state index contributed by atoms with van der Waals surface area (Å²) in [6.45, 7) is 0. The van der Waals surface area contributed by atoms with E-state index in [1.54, 1.807) is 18.2 Å². The van der Waals surface area contributed by atoms with Crippen molar-refractivity contribution in [2.45, 2.75) is 0 Å². The summed E-state index contributed by atoms with van der Waals surface area (Å²) in [5.74, 6) is 0. The van der Waals surface area contributed by atoms with Crippen LogP contribution in [-0.2, 0) is 4.79 Å². The average molecular weight is 165 g/mol. The van der Waals surface area contributed by atoms with Crippen LogP contribution in [0.2, 0.25) is 0 Å². The molecule has 0 unspecified atom stereocenters. The summed E-state index contributed by atoms with van der Waals surface area (Å²) in [4.78, 5) is 20.3. The third-order valence-electron chi connectivity index (χ3n) is 1.25. The first-order valence-electron chi connectivity index (χ1n) is 3.13. The number of nitro groups is 1. The largest absolute Gasteiger partial charge is 0.508 e. The SMILES string of the molecule is O=C=[N+](c1ccccc1)[N+](=O)[O-]. The Morgan fingerprint density at radius 1 is 1.25 bits per heavy atom. The monoisotopic (exact) mass is 165 g/mol. The molecule has 12 heavy (non-hydrogen) atoms. The second-order valence-electron chi connectivity index (χ2n) is 1.98. The zero-order valence-corrected chi connectivity index (χ0v) is 6.01. The second kappa shape index (κ2) is 3.41. The third-order valence-corrected chi connectivity index (χ3v) is 1.25. The Bertz CT molecular complexity index is 341. The molecule has 5 heteroatoms. The van der Waals surface area contributed by atoms with Crippen LogP contribution in [-0.4, -0.2) is 15.8 Å². The first-order valence-corrected chi connectivity index (χ1v) is 3.13.